The highest BCUT2D eigenvalue weighted by Gasteiger charge is 2.44. The summed E-state index contributed by atoms with van der Waals surface area (Å²) in [7, 11) is 0. The number of hydrogen-bond donors (Lipinski definition) is 3. The van der Waals surface area contributed by atoms with Crippen LogP contribution >= 0.6 is 0 Å². The Morgan fingerprint density at radius 3 is 2.14 bits per heavy atom. The van der Waals surface area contributed by atoms with Gasteiger partial charge in [0.05, 0.1) is 22.6 Å². The van der Waals surface area contributed by atoms with Gasteiger partial charge in [-0.05, 0) is 73.9 Å². The van der Waals surface area contributed by atoms with Gasteiger partial charge in [0.15, 0.2) is 0 Å². The number of rotatable bonds is 5. The largest absolute Gasteiger partial charge is 0.397 e. The number of anilines is 5. The highest BCUT2D eigenvalue weighted by Crippen LogP contribution is 2.54. The predicted molar refractivity (Wildman–Crippen MR) is 144 cm³/mol. The van der Waals surface area contributed by atoms with E-state index in [9.17, 15) is 18.4 Å². The van der Waals surface area contributed by atoms with Crippen LogP contribution in [-0.2, 0) is 4.79 Å². The number of piperidine rings is 2. The Kier molecular flexibility index (Phi) is 6.50. The smallest absolute Gasteiger partial charge is 0.257 e. The third kappa shape index (κ3) is 5.65. The van der Waals surface area contributed by atoms with Gasteiger partial charge < -0.3 is 26.2 Å². The molecule has 0 unspecified atom stereocenters. The number of amides is 2. The lowest BCUT2D eigenvalue weighted by Gasteiger charge is -2.35. The number of hydrogen-bond acceptors (Lipinski definition) is 5. The summed E-state index contributed by atoms with van der Waals surface area (Å²) in [4.78, 5) is 29.5. The van der Waals surface area contributed by atoms with Crippen LogP contribution in [0.4, 0.5) is 37.2 Å². The van der Waals surface area contributed by atoms with Crippen molar-refractivity contribution in [3.05, 3.63) is 41.5 Å². The molecule has 2 amide bonds. The van der Waals surface area contributed by atoms with E-state index >= 15 is 0 Å². The van der Waals surface area contributed by atoms with Crippen LogP contribution in [0.25, 0.3) is 0 Å². The SMILES string of the molecule is CC(=O)Nc1cc(C(=O)Nc2cc(C)cc(N3CCC(F)(F)CC3)c2)c(N2CCC3(CC2)CC3)cc1N. The van der Waals surface area contributed by atoms with Crippen molar-refractivity contribution >= 4 is 40.3 Å². The molecule has 9 heteroatoms. The summed E-state index contributed by atoms with van der Waals surface area (Å²) in [6.07, 6.45) is 4.39. The third-order valence-electron chi connectivity index (χ3n) is 8.03. The van der Waals surface area contributed by atoms with Crippen LogP contribution in [-0.4, -0.2) is 43.9 Å². The van der Waals surface area contributed by atoms with E-state index in [0.29, 0.717) is 28.0 Å². The molecule has 37 heavy (non-hydrogen) atoms. The van der Waals surface area contributed by atoms with E-state index in [2.05, 4.69) is 15.5 Å². The predicted octanol–water partition coefficient (Wildman–Crippen LogP) is 5.40. The van der Waals surface area contributed by atoms with Gasteiger partial charge in [-0.15, -0.1) is 0 Å². The van der Waals surface area contributed by atoms with E-state index in [1.807, 2.05) is 30.0 Å². The van der Waals surface area contributed by atoms with Crippen molar-refractivity contribution in [3.63, 3.8) is 0 Å². The molecular weight excluding hydrogens is 476 g/mol. The van der Waals surface area contributed by atoms with Crippen LogP contribution in [0.1, 0.15) is 61.4 Å². The highest BCUT2D eigenvalue weighted by atomic mass is 19.3. The molecule has 3 aliphatic rings. The number of carbonyl (C=O) groups excluding carboxylic acids is 2. The second-order valence-electron chi connectivity index (χ2n) is 11.0. The van der Waals surface area contributed by atoms with Crippen LogP contribution in [0.5, 0.6) is 0 Å². The molecule has 0 radical (unpaired) electrons. The zero-order valence-electron chi connectivity index (χ0n) is 21.5. The average molecular weight is 512 g/mol. The van der Waals surface area contributed by atoms with Crippen LogP contribution in [0.3, 0.4) is 0 Å². The van der Waals surface area contributed by atoms with E-state index in [-0.39, 0.29) is 37.7 Å². The second-order valence-corrected chi connectivity index (χ2v) is 11.0. The number of carbonyl (C=O) groups is 2. The molecule has 3 fully saturated rings. The number of nitrogen functional groups attached to an aromatic ring is 1. The molecule has 5 rings (SSSR count). The molecule has 2 aliphatic heterocycles. The molecule has 1 saturated carbocycles. The molecule has 1 aliphatic carbocycles. The van der Waals surface area contributed by atoms with Gasteiger partial charge in [0.2, 0.25) is 5.91 Å². The van der Waals surface area contributed by atoms with Crippen LogP contribution in [0.2, 0.25) is 0 Å². The first-order valence-corrected chi connectivity index (χ1v) is 13.0. The van der Waals surface area contributed by atoms with E-state index in [4.69, 9.17) is 5.73 Å². The molecule has 7 nitrogen and oxygen atoms in total. The Morgan fingerprint density at radius 1 is 0.865 bits per heavy atom. The molecule has 4 N–H and O–H groups in total. The van der Waals surface area contributed by atoms with E-state index in [0.717, 1.165) is 42.9 Å². The summed E-state index contributed by atoms with van der Waals surface area (Å²) in [5, 5.41) is 5.73. The lowest BCUT2D eigenvalue weighted by atomic mass is 9.92. The fourth-order valence-corrected chi connectivity index (χ4v) is 5.55. The van der Waals surface area contributed by atoms with Crippen molar-refractivity contribution < 1.29 is 18.4 Å². The van der Waals surface area contributed by atoms with Gasteiger partial charge in [-0.25, -0.2) is 8.78 Å². The average Bonchev–Trinajstić information content (AvgIpc) is 3.58. The summed E-state index contributed by atoms with van der Waals surface area (Å²) in [5.74, 6) is -3.20. The van der Waals surface area contributed by atoms with Crippen molar-refractivity contribution in [2.24, 2.45) is 5.41 Å². The minimum absolute atomic E-state index is 0.180. The Bertz CT molecular complexity index is 1210. The van der Waals surface area contributed by atoms with Crippen LogP contribution in [0.15, 0.2) is 30.3 Å². The highest BCUT2D eigenvalue weighted by molar-refractivity contribution is 6.10. The van der Waals surface area contributed by atoms with Gasteiger partial charge in [-0.3, -0.25) is 9.59 Å². The zero-order valence-corrected chi connectivity index (χ0v) is 21.5. The number of nitrogens with one attached hydrogen (secondary N) is 2. The molecule has 2 aromatic carbocycles. The van der Waals surface area contributed by atoms with E-state index in [1.54, 1.807) is 12.1 Å². The van der Waals surface area contributed by atoms with Crippen LogP contribution in [0, 0.1) is 12.3 Å². The van der Waals surface area contributed by atoms with E-state index in [1.165, 1.54) is 19.8 Å². The lowest BCUT2D eigenvalue weighted by Crippen LogP contribution is -2.39. The van der Waals surface area contributed by atoms with Crippen molar-refractivity contribution in [2.45, 2.75) is 58.3 Å². The Morgan fingerprint density at radius 2 is 1.51 bits per heavy atom. The standard InChI is InChI=1S/C28H35F2N5O2/c1-18-13-20(15-21(14-18)34-11-7-28(29,30)8-12-34)33-26(37)22-16-24(32-19(2)36)23(31)17-25(22)35-9-5-27(3-4-27)6-10-35/h13-17H,3-12,31H2,1-2H3,(H,32,36)(H,33,37). The number of benzene rings is 2. The van der Waals surface area contributed by atoms with Gasteiger partial charge >= 0.3 is 0 Å². The topological polar surface area (TPSA) is 90.7 Å². The van der Waals surface area contributed by atoms with Crippen molar-refractivity contribution in [1.82, 2.24) is 0 Å². The van der Waals surface area contributed by atoms with Gasteiger partial charge in [-0.1, -0.05) is 0 Å². The maximum Gasteiger partial charge on any atom is 0.257 e. The molecule has 2 aromatic rings. The molecular formula is C28H35F2N5O2. The van der Waals surface area contributed by atoms with Gasteiger partial charge in [0, 0.05) is 57.3 Å². The van der Waals surface area contributed by atoms with E-state index < -0.39 is 5.92 Å². The number of aryl methyl sites for hydroxylation is 1. The number of halogens is 2. The number of alkyl halides is 2. The molecule has 1 spiro atoms. The lowest BCUT2D eigenvalue weighted by molar-refractivity contribution is -0.114. The first-order valence-electron chi connectivity index (χ1n) is 13.0. The molecule has 0 atom stereocenters. The maximum atomic E-state index is 13.7. The fraction of sp³-hybridized carbons (Fsp3) is 0.500. The first kappa shape index (κ1) is 25.3. The number of nitrogens with two attached hydrogens (primary N) is 1. The minimum atomic E-state index is -2.62. The Labute approximate surface area is 216 Å². The van der Waals surface area contributed by atoms with Crippen molar-refractivity contribution in [1.29, 1.82) is 0 Å². The second kappa shape index (κ2) is 9.50. The quantitative estimate of drug-likeness (QED) is 0.468. The number of nitrogens with zero attached hydrogens (tertiary/aromatic N) is 2. The minimum Gasteiger partial charge on any atom is -0.397 e. The normalized spacial score (nSPS) is 20.0. The Hall–Kier alpha value is -3.36. The monoisotopic (exact) mass is 511 g/mol. The maximum absolute atomic E-state index is 13.7. The summed E-state index contributed by atoms with van der Waals surface area (Å²) < 4.78 is 27.3. The van der Waals surface area contributed by atoms with Crippen LogP contribution < -0.4 is 26.2 Å². The van der Waals surface area contributed by atoms with Crippen molar-refractivity contribution in [3.8, 4) is 0 Å². The molecule has 2 heterocycles. The summed E-state index contributed by atoms with van der Waals surface area (Å²) in [6, 6.07) is 9.07. The molecule has 198 valence electrons. The fourth-order valence-electron chi connectivity index (χ4n) is 5.55. The van der Waals surface area contributed by atoms with Gasteiger partial charge in [-0.2, -0.15) is 0 Å². The Balaban J connectivity index is 1.41. The zero-order chi connectivity index (χ0) is 26.4. The third-order valence-corrected chi connectivity index (χ3v) is 8.03. The van der Waals surface area contributed by atoms with Gasteiger partial charge in [0.1, 0.15) is 0 Å². The molecule has 2 saturated heterocycles. The summed E-state index contributed by atoms with van der Waals surface area (Å²) in [6.45, 7) is 5.56. The molecule has 0 bridgehead atoms. The van der Waals surface area contributed by atoms with Crippen molar-refractivity contribution in [2.75, 3.05) is 52.3 Å². The molecule has 0 aromatic heterocycles. The first-order chi connectivity index (χ1) is 17.5. The summed E-state index contributed by atoms with van der Waals surface area (Å²) in [5.41, 5.74) is 11.1. The summed E-state index contributed by atoms with van der Waals surface area (Å²) >= 11 is 0. The van der Waals surface area contributed by atoms with Gasteiger partial charge in [0.25, 0.3) is 11.8 Å².